The Morgan fingerprint density at radius 1 is 1.48 bits per heavy atom. The molecule has 0 spiro atoms. The number of carbonyl (C=O) groups is 2. The molecule has 0 saturated carbocycles. The van der Waals surface area contributed by atoms with Gasteiger partial charge in [-0.25, -0.2) is 9.59 Å². The van der Waals surface area contributed by atoms with Gasteiger partial charge in [-0.2, -0.15) is 0 Å². The molecule has 0 unspecified atom stereocenters. The maximum absolute atomic E-state index is 12.3. The fraction of sp³-hybridized carbons (Fsp3) is 0.571. The van der Waals surface area contributed by atoms with Crippen molar-refractivity contribution >= 4 is 28.3 Å². The first-order valence-corrected chi connectivity index (χ1v) is 7.97. The standard InChI is InChI=1S/C14H21N3O3S/c1-3-17-7-4-10(5-8-17)16(2)14(20)15-12-11(13(18)19)6-9-21-12/h6,9-10H,3-5,7-8H2,1-2H3,(H,15,20)(H,18,19). The number of urea groups is 1. The smallest absolute Gasteiger partial charge is 0.338 e. The number of hydrogen-bond donors (Lipinski definition) is 2. The zero-order valence-corrected chi connectivity index (χ0v) is 13.2. The Balaban J connectivity index is 1.94. The second kappa shape index (κ2) is 6.91. The van der Waals surface area contributed by atoms with Crippen LogP contribution in [0.4, 0.5) is 9.80 Å². The number of anilines is 1. The van der Waals surface area contributed by atoms with Crippen LogP contribution in [0, 0.1) is 0 Å². The first kappa shape index (κ1) is 15.8. The highest BCUT2D eigenvalue weighted by atomic mass is 32.1. The maximum atomic E-state index is 12.3. The number of piperidine rings is 1. The van der Waals surface area contributed by atoms with Gasteiger partial charge in [0.15, 0.2) is 0 Å². The van der Waals surface area contributed by atoms with Gasteiger partial charge in [-0.05, 0) is 30.8 Å². The van der Waals surface area contributed by atoms with E-state index in [0.29, 0.717) is 5.00 Å². The number of carboxylic acids is 1. The van der Waals surface area contributed by atoms with Gasteiger partial charge in [0.25, 0.3) is 0 Å². The van der Waals surface area contributed by atoms with Gasteiger partial charge in [-0.15, -0.1) is 11.3 Å². The molecule has 2 rings (SSSR count). The summed E-state index contributed by atoms with van der Waals surface area (Å²) in [6.45, 7) is 5.18. The van der Waals surface area contributed by atoms with Crippen molar-refractivity contribution in [1.82, 2.24) is 9.80 Å². The van der Waals surface area contributed by atoms with Gasteiger partial charge in [0.2, 0.25) is 0 Å². The Bertz CT molecular complexity index is 509. The first-order valence-electron chi connectivity index (χ1n) is 7.09. The number of rotatable bonds is 4. The van der Waals surface area contributed by atoms with Crippen LogP contribution in [0.2, 0.25) is 0 Å². The highest BCUT2D eigenvalue weighted by Gasteiger charge is 2.25. The third kappa shape index (κ3) is 3.74. The van der Waals surface area contributed by atoms with Gasteiger partial charge in [-0.1, -0.05) is 6.92 Å². The minimum absolute atomic E-state index is 0.141. The summed E-state index contributed by atoms with van der Waals surface area (Å²) < 4.78 is 0. The molecule has 0 atom stereocenters. The van der Waals surface area contributed by atoms with E-state index in [2.05, 4.69) is 17.1 Å². The third-order valence-corrected chi connectivity index (χ3v) is 4.82. The summed E-state index contributed by atoms with van der Waals surface area (Å²) in [4.78, 5) is 27.3. The van der Waals surface area contributed by atoms with E-state index >= 15 is 0 Å². The van der Waals surface area contributed by atoms with Crippen LogP contribution in [0.5, 0.6) is 0 Å². The molecule has 0 aromatic carbocycles. The van der Waals surface area contributed by atoms with Crippen LogP contribution >= 0.6 is 11.3 Å². The molecule has 0 bridgehead atoms. The summed E-state index contributed by atoms with van der Waals surface area (Å²) in [5.74, 6) is -1.02. The van der Waals surface area contributed by atoms with Gasteiger partial charge in [0.05, 0.1) is 5.56 Å². The molecular formula is C14H21N3O3S. The number of aromatic carboxylic acids is 1. The van der Waals surface area contributed by atoms with Crippen molar-refractivity contribution in [3.05, 3.63) is 17.0 Å². The number of hydrogen-bond acceptors (Lipinski definition) is 4. The molecule has 2 amide bonds. The molecule has 6 nitrogen and oxygen atoms in total. The minimum Gasteiger partial charge on any atom is -0.478 e. The van der Waals surface area contributed by atoms with E-state index in [-0.39, 0.29) is 17.6 Å². The van der Waals surface area contributed by atoms with Crippen molar-refractivity contribution in [1.29, 1.82) is 0 Å². The molecular weight excluding hydrogens is 290 g/mol. The van der Waals surface area contributed by atoms with Crippen molar-refractivity contribution in [2.24, 2.45) is 0 Å². The molecule has 1 aliphatic rings. The Morgan fingerprint density at radius 2 is 2.14 bits per heavy atom. The fourth-order valence-electron chi connectivity index (χ4n) is 2.55. The number of thiophene rings is 1. The van der Waals surface area contributed by atoms with E-state index in [1.807, 2.05) is 0 Å². The lowest BCUT2D eigenvalue weighted by atomic mass is 10.0. The molecule has 2 heterocycles. The van der Waals surface area contributed by atoms with E-state index in [9.17, 15) is 9.59 Å². The normalized spacial score (nSPS) is 16.7. The molecule has 116 valence electrons. The second-order valence-corrected chi connectivity index (χ2v) is 6.09. The largest absolute Gasteiger partial charge is 0.478 e. The van der Waals surface area contributed by atoms with Crippen molar-refractivity contribution < 1.29 is 14.7 Å². The summed E-state index contributed by atoms with van der Waals surface area (Å²) >= 11 is 1.23. The maximum Gasteiger partial charge on any atom is 0.338 e. The van der Waals surface area contributed by atoms with E-state index in [0.717, 1.165) is 32.5 Å². The number of carbonyl (C=O) groups excluding carboxylic acids is 1. The number of likely N-dealkylation sites (tertiary alicyclic amines) is 1. The zero-order chi connectivity index (χ0) is 15.4. The van der Waals surface area contributed by atoms with Crippen molar-refractivity contribution in [2.45, 2.75) is 25.8 Å². The molecule has 1 aromatic heterocycles. The molecule has 2 N–H and O–H groups in total. The molecule has 1 fully saturated rings. The number of carboxylic acid groups (broad SMARTS) is 1. The SMILES string of the molecule is CCN1CCC(N(C)C(=O)Nc2sccc2C(=O)O)CC1. The molecule has 7 heteroatoms. The van der Waals surface area contributed by atoms with Crippen LogP contribution in [0.25, 0.3) is 0 Å². The van der Waals surface area contributed by atoms with Crippen LogP contribution in [0.1, 0.15) is 30.1 Å². The van der Waals surface area contributed by atoms with Crippen LogP contribution < -0.4 is 5.32 Å². The van der Waals surface area contributed by atoms with Crippen molar-refractivity contribution in [2.75, 3.05) is 32.0 Å². The number of amides is 2. The Hall–Kier alpha value is -1.60. The summed E-state index contributed by atoms with van der Waals surface area (Å²) in [6, 6.07) is 1.47. The predicted molar refractivity (Wildman–Crippen MR) is 83.2 cm³/mol. The van der Waals surface area contributed by atoms with E-state index in [4.69, 9.17) is 5.11 Å². The van der Waals surface area contributed by atoms with E-state index in [1.165, 1.54) is 17.4 Å². The number of nitrogens with one attached hydrogen (secondary N) is 1. The van der Waals surface area contributed by atoms with Crippen LogP contribution in [0.3, 0.4) is 0 Å². The van der Waals surface area contributed by atoms with Gasteiger partial charge in [0.1, 0.15) is 5.00 Å². The van der Waals surface area contributed by atoms with Crippen molar-refractivity contribution in [3.63, 3.8) is 0 Å². The summed E-state index contributed by atoms with van der Waals surface area (Å²) in [7, 11) is 1.77. The highest BCUT2D eigenvalue weighted by Crippen LogP contribution is 2.24. The first-order chi connectivity index (χ1) is 10.0. The quantitative estimate of drug-likeness (QED) is 0.895. The minimum atomic E-state index is -1.02. The molecule has 21 heavy (non-hydrogen) atoms. The van der Waals surface area contributed by atoms with Crippen LogP contribution in [0.15, 0.2) is 11.4 Å². The zero-order valence-electron chi connectivity index (χ0n) is 12.3. The van der Waals surface area contributed by atoms with Gasteiger partial charge in [0, 0.05) is 26.2 Å². The molecule has 1 aliphatic heterocycles. The topological polar surface area (TPSA) is 72.9 Å². The van der Waals surface area contributed by atoms with E-state index < -0.39 is 5.97 Å². The number of nitrogens with zero attached hydrogens (tertiary/aromatic N) is 2. The van der Waals surface area contributed by atoms with Gasteiger partial charge >= 0.3 is 12.0 Å². The lowest BCUT2D eigenvalue weighted by molar-refractivity contribution is 0.0698. The summed E-state index contributed by atoms with van der Waals surface area (Å²) in [5, 5.41) is 13.8. The third-order valence-electron chi connectivity index (χ3n) is 3.99. The summed E-state index contributed by atoms with van der Waals surface area (Å²) in [5.41, 5.74) is 0.141. The monoisotopic (exact) mass is 311 g/mol. The lowest BCUT2D eigenvalue weighted by Crippen LogP contribution is -2.46. The van der Waals surface area contributed by atoms with Gasteiger partial charge in [-0.3, -0.25) is 5.32 Å². The van der Waals surface area contributed by atoms with Crippen molar-refractivity contribution in [3.8, 4) is 0 Å². The molecule has 1 aromatic rings. The summed E-state index contributed by atoms with van der Waals surface area (Å²) in [6.07, 6.45) is 1.90. The van der Waals surface area contributed by atoms with Crippen LogP contribution in [-0.2, 0) is 0 Å². The molecule has 0 radical (unpaired) electrons. The fourth-order valence-corrected chi connectivity index (χ4v) is 3.32. The highest BCUT2D eigenvalue weighted by molar-refractivity contribution is 7.14. The average Bonchev–Trinajstić information content (AvgIpc) is 2.95. The second-order valence-electron chi connectivity index (χ2n) is 5.18. The Morgan fingerprint density at radius 3 is 2.71 bits per heavy atom. The lowest BCUT2D eigenvalue weighted by Gasteiger charge is -2.36. The Kier molecular flexibility index (Phi) is 5.19. The van der Waals surface area contributed by atoms with Gasteiger partial charge < -0.3 is 14.9 Å². The van der Waals surface area contributed by atoms with E-state index in [1.54, 1.807) is 17.3 Å². The molecule has 1 saturated heterocycles. The molecule has 0 aliphatic carbocycles. The predicted octanol–water partition coefficient (Wildman–Crippen LogP) is 2.39. The average molecular weight is 311 g/mol. The Labute approximate surface area is 128 Å². The van der Waals surface area contributed by atoms with Crippen LogP contribution in [-0.4, -0.2) is 59.6 Å².